The smallest absolute Gasteiger partial charge is 0.349 e. The fourth-order valence-electron chi connectivity index (χ4n) is 2.55. The van der Waals surface area contributed by atoms with Crippen molar-refractivity contribution in [2.24, 2.45) is 0 Å². The van der Waals surface area contributed by atoms with E-state index in [0.717, 1.165) is 5.39 Å². The minimum Gasteiger partial charge on any atom is -0.422 e. The Balaban J connectivity index is 1.55. The van der Waals surface area contributed by atoms with Gasteiger partial charge in [0.25, 0.3) is 5.89 Å². The van der Waals surface area contributed by atoms with Gasteiger partial charge in [0.2, 0.25) is 5.91 Å². The molecule has 0 aliphatic rings. The number of carbonyl (C=O) groups excluding carboxylic acids is 1. The molecule has 1 N–H and O–H groups in total. The number of nitrogens with one attached hydrogen (secondary N) is 1. The Morgan fingerprint density at radius 2 is 1.89 bits per heavy atom. The van der Waals surface area contributed by atoms with Crippen LogP contribution in [0.5, 0.6) is 0 Å². The number of anilines is 1. The summed E-state index contributed by atoms with van der Waals surface area (Å²) >= 11 is 6.01. The molecule has 0 spiro atoms. The minimum atomic E-state index is -0.593. The van der Waals surface area contributed by atoms with E-state index >= 15 is 0 Å². The van der Waals surface area contributed by atoms with Crippen molar-refractivity contribution >= 4 is 34.2 Å². The molecule has 0 radical (unpaired) electrons. The lowest BCUT2D eigenvalue weighted by Gasteiger charge is -2.04. The van der Waals surface area contributed by atoms with E-state index in [1.54, 1.807) is 48.5 Å². The number of aromatic nitrogens is 2. The van der Waals surface area contributed by atoms with Gasteiger partial charge in [-0.15, -0.1) is 0 Å². The molecule has 27 heavy (non-hydrogen) atoms. The van der Waals surface area contributed by atoms with Gasteiger partial charge in [-0.25, -0.2) is 4.79 Å². The highest BCUT2D eigenvalue weighted by Crippen LogP contribution is 2.21. The Hall–Kier alpha value is -3.45. The van der Waals surface area contributed by atoms with Crippen LogP contribution in [0.2, 0.25) is 5.02 Å². The average Bonchev–Trinajstić information content (AvgIpc) is 3.11. The molecule has 0 atom stereocenters. The zero-order valence-corrected chi connectivity index (χ0v) is 14.6. The Morgan fingerprint density at radius 3 is 2.74 bits per heavy atom. The van der Waals surface area contributed by atoms with Crippen molar-refractivity contribution in [3.63, 3.8) is 0 Å². The molecule has 0 unspecified atom stereocenters. The van der Waals surface area contributed by atoms with Gasteiger partial charge in [-0.05, 0) is 24.3 Å². The highest BCUT2D eigenvalue weighted by Gasteiger charge is 2.17. The van der Waals surface area contributed by atoms with Gasteiger partial charge in [-0.3, -0.25) is 4.79 Å². The molecule has 0 bridgehead atoms. The number of hydrogen-bond donors (Lipinski definition) is 1. The van der Waals surface area contributed by atoms with Crippen molar-refractivity contribution in [1.29, 1.82) is 0 Å². The van der Waals surface area contributed by atoms with Gasteiger partial charge < -0.3 is 14.3 Å². The molecule has 134 valence electrons. The van der Waals surface area contributed by atoms with Crippen LogP contribution in [0.4, 0.5) is 5.69 Å². The number of carbonyl (C=O) groups is 1. The van der Waals surface area contributed by atoms with Crippen molar-refractivity contribution in [3.8, 4) is 11.5 Å². The number of benzene rings is 2. The third-order valence-corrected chi connectivity index (χ3v) is 4.14. The molecule has 0 saturated carbocycles. The van der Waals surface area contributed by atoms with Gasteiger partial charge in [0.1, 0.15) is 11.1 Å². The van der Waals surface area contributed by atoms with Gasteiger partial charge in [0, 0.05) is 5.39 Å². The highest BCUT2D eigenvalue weighted by molar-refractivity contribution is 6.33. The second kappa shape index (κ2) is 7.05. The van der Waals surface area contributed by atoms with Gasteiger partial charge in [-0.2, -0.15) is 4.98 Å². The third kappa shape index (κ3) is 3.58. The molecule has 2 heterocycles. The van der Waals surface area contributed by atoms with Gasteiger partial charge >= 0.3 is 5.63 Å². The number of hydrogen-bond acceptors (Lipinski definition) is 6. The van der Waals surface area contributed by atoms with Gasteiger partial charge in [0.15, 0.2) is 5.82 Å². The molecule has 0 aliphatic carbocycles. The van der Waals surface area contributed by atoms with Crippen molar-refractivity contribution in [3.05, 3.63) is 75.9 Å². The van der Waals surface area contributed by atoms with Crippen LogP contribution in [0.3, 0.4) is 0 Å². The summed E-state index contributed by atoms with van der Waals surface area (Å²) in [6.07, 6.45) is -0.131. The lowest BCUT2D eigenvalue weighted by molar-refractivity contribution is -0.115. The fraction of sp³-hybridized carbons (Fsp3) is 0.0526. The zero-order chi connectivity index (χ0) is 18.8. The van der Waals surface area contributed by atoms with Crippen LogP contribution in [0.1, 0.15) is 5.82 Å². The molecule has 1 amide bonds. The maximum atomic E-state index is 12.2. The predicted octanol–water partition coefficient (Wildman–Crippen LogP) is 3.68. The molecule has 0 aliphatic heterocycles. The normalized spacial score (nSPS) is 10.9. The monoisotopic (exact) mass is 381 g/mol. The van der Waals surface area contributed by atoms with E-state index in [1.165, 1.54) is 0 Å². The van der Waals surface area contributed by atoms with E-state index in [1.807, 2.05) is 6.07 Å². The predicted molar refractivity (Wildman–Crippen MR) is 99.6 cm³/mol. The number of rotatable bonds is 4. The first kappa shape index (κ1) is 17.0. The van der Waals surface area contributed by atoms with Crippen LogP contribution in [-0.2, 0) is 11.2 Å². The maximum absolute atomic E-state index is 12.2. The summed E-state index contributed by atoms with van der Waals surface area (Å²) in [5.74, 6) is -0.224. The Morgan fingerprint density at radius 1 is 1.11 bits per heavy atom. The van der Waals surface area contributed by atoms with E-state index in [9.17, 15) is 9.59 Å². The number of para-hydroxylation sites is 2. The Bertz CT molecular complexity index is 1200. The summed E-state index contributed by atoms with van der Waals surface area (Å²) in [4.78, 5) is 28.4. The molecule has 0 saturated heterocycles. The van der Waals surface area contributed by atoms with E-state index in [2.05, 4.69) is 15.5 Å². The summed E-state index contributed by atoms with van der Waals surface area (Å²) in [6, 6.07) is 15.6. The topological polar surface area (TPSA) is 98.2 Å². The second-order valence-corrected chi connectivity index (χ2v) is 6.11. The van der Waals surface area contributed by atoms with Crippen molar-refractivity contribution in [2.75, 3.05) is 5.32 Å². The van der Waals surface area contributed by atoms with Gasteiger partial charge in [-0.1, -0.05) is 47.1 Å². The fourth-order valence-corrected chi connectivity index (χ4v) is 2.73. The maximum Gasteiger partial charge on any atom is 0.349 e. The second-order valence-electron chi connectivity index (χ2n) is 5.71. The summed E-state index contributed by atoms with van der Waals surface area (Å²) in [7, 11) is 0. The molecule has 0 fully saturated rings. The van der Waals surface area contributed by atoms with Crippen LogP contribution in [-0.4, -0.2) is 16.0 Å². The van der Waals surface area contributed by atoms with E-state index in [-0.39, 0.29) is 29.6 Å². The molecular weight excluding hydrogens is 370 g/mol. The largest absolute Gasteiger partial charge is 0.422 e. The lowest BCUT2D eigenvalue weighted by atomic mass is 10.2. The van der Waals surface area contributed by atoms with Crippen molar-refractivity contribution in [1.82, 2.24) is 10.1 Å². The van der Waals surface area contributed by atoms with Crippen molar-refractivity contribution in [2.45, 2.75) is 6.42 Å². The van der Waals surface area contributed by atoms with Crippen LogP contribution >= 0.6 is 11.6 Å². The standard InChI is InChI=1S/C19H12ClN3O4/c20-13-6-2-3-7-14(13)21-17(24)10-16-22-18(27-23-16)12-9-11-5-1-4-8-15(11)26-19(12)25/h1-9H,10H2,(H,21,24). The third-order valence-electron chi connectivity index (χ3n) is 3.81. The van der Waals surface area contributed by atoms with E-state index in [0.29, 0.717) is 16.3 Å². The lowest BCUT2D eigenvalue weighted by Crippen LogP contribution is -2.15. The SMILES string of the molecule is O=C(Cc1noc(-c2cc3ccccc3oc2=O)n1)Nc1ccccc1Cl. The van der Waals surface area contributed by atoms with E-state index in [4.69, 9.17) is 20.5 Å². The van der Waals surface area contributed by atoms with Crippen LogP contribution in [0.25, 0.3) is 22.4 Å². The quantitative estimate of drug-likeness (QED) is 0.541. The average molecular weight is 382 g/mol. The first-order valence-corrected chi connectivity index (χ1v) is 8.38. The molecule has 8 heteroatoms. The van der Waals surface area contributed by atoms with E-state index < -0.39 is 5.63 Å². The molecule has 2 aromatic heterocycles. The number of amides is 1. The highest BCUT2D eigenvalue weighted by atomic mass is 35.5. The summed E-state index contributed by atoms with van der Waals surface area (Å²) < 4.78 is 10.4. The molecule has 4 aromatic rings. The summed E-state index contributed by atoms with van der Waals surface area (Å²) in [5, 5.41) is 7.58. The summed E-state index contributed by atoms with van der Waals surface area (Å²) in [5.41, 5.74) is 0.497. The Labute approximate surface area is 157 Å². The Kier molecular flexibility index (Phi) is 4.43. The number of fused-ring (bicyclic) bond motifs is 1. The molecular formula is C19H12ClN3O4. The first-order chi connectivity index (χ1) is 13.1. The number of halogens is 1. The van der Waals surface area contributed by atoms with Crippen LogP contribution < -0.4 is 10.9 Å². The molecule has 7 nitrogen and oxygen atoms in total. The first-order valence-electron chi connectivity index (χ1n) is 8.00. The van der Waals surface area contributed by atoms with Crippen molar-refractivity contribution < 1.29 is 13.7 Å². The molecule has 4 rings (SSSR count). The van der Waals surface area contributed by atoms with Gasteiger partial charge in [0.05, 0.1) is 17.1 Å². The summed E-state index contributed by atoms with van der Waals surface area (Å²) in [6.45, 7) is 0. The molecule has 2 aromatic carbocycles. The number of nitrogens with zero attached hydrogens (tertiary/aromatic N) is 2. The van der Waals surface area contributed by atoms with Crippen LogP contribution in [0.15, 0.2) is 68.3 Å². The minimum absolute atomic E-state index is 0.00459. The zero-order valence-electron chi connectivity index (χ0n) is 13.8. The van der Waals surface area contributed by atoms with Crippen LogP contribution in [0, 0.1) is 0 Å².